The van der Waals surface area contributed by atoms with Gasteiger partial charge in [0.05, 0.1) is 16.9 Å². The number of hydrogen-bond donors (Lipinski definition) is 0. The highest BCUT2D eigenvalue weighted by atomic mass is 32.2. The Labute approximate surface area is 173 Å². The summed E-state index contributed by atoms with van der Waals surface area (Å²) in [4.78, 5) is 24.5. The normalized spacial score (nSPS) is 14.9. The molecule has 0 spiro atoms. The highest BCUT2D eigenvalue weighted by Gasteiger charge is 2.30. The summed E-state index contributed by atoms with van der Waals surface area (Å²) in [7, 11) is -2.28. The van der Waals surface area contributed by atoms with E-state index in [1.54, 1.807) is 30.3 Å². The second-order valence-corrected chi connectivity index (χ2v) is 8.42. The van der Waals surface area contributed by atoms with Crippen molar-refractivity contribution in [1.82, 2.24) is 9.21 Å². The van der Waals surface area contributed by atoms with Crippen molar-refractivity contribution < 1.29 is 27.6 Å². The first-order valence-electron chi connectivity index (χ1n) is 9.11. The molecule has 0 atom stereocenters. The number of sulfonamides is 1. The number of hydrogen-bond acceptors (Lipinski definition) is 7. The van der Waals surface area contributed by atoms with Gasteiger partial charge in [-0.25, -0.2) is 8.42 Å². The van der Waals surface area contributed by atoms with Crippen LogP contribution in [0.1, 0.15) is 0 Å². The minimum Gasteiger partial charge on any atom is -0.490 e. The van der Waals surface area contributed by atoms with Crippen molar-refractivity contribution in [3.05, 3.63) is 58.6 Å². The molecular formula is C19H21N3O7S. The first kappa shape index (κ1) is 21.5. The van der Waals surface area contributed by atoms with E-state index in [4.69, 9.17) is 9.47 Å². The summed E-state index contributed by atoms with van der Waals surface area (Å²) in [5, 5.41) is 10.9. The molecule has 3 rings (SSSR count). The minimum absolute atomic E-state index is 0.0321. The van der Waals surface area contributed by atoms with Crippen molar-refractivity contribution in [3.8, 4) is 11.5 Å². The van der Waals surface area contributed by atoms with Crippen LogP contribution in [0.5, 0.6) is 11.5 Å². The molecule has 0 radical (unpaired) electrons. The molecule has 11 heteroatoms. The number of rotatable bonds is 7. The Balaban J connectivity index is 1.55. The van der Waals surface area contributed by atoms with Crippen LogP contribution in [-0.2, 0) is 14.8 Å². The summed E-state index contributed by atoms with van der Waals surface area (Å²) in [6.45, 7) is 0.602. The van der Waals surface area contributed by atoms with Crippen molar-refractivity contribution >= 4 is 21.6 Å². The smallest absolute Gasteiger partial charge is 0.311 e. The largest absolute Gasteiger partial charge is 0.490 e. The zero-order valence-electron chi connectivity index (χ0n) is 16.3. The Hall–Kier alpha value is -3.18. The monoisotopic (exact) mass is 435 g/mol. The van der Waals surface area contributed by atoms with Gasteiger partial charge in [0.2, 0.25) is 15.8 Å². The standard InChI is InChI=1S/C19H21N3O7S/c1-28-18-13-15(7-8-17(18)22(24)25)29-14-19(23)20-9-11-21(12-10-20)30(26,27)16-5-3-2-4-6-16/h2-8,13H,9-12,14H2,1H3. The summed E-state index contributed by atoms with van der Waals surface area (Å²) in [5.74, 6) is -0.00940. The van der Waals surface area contributed by atoms with Gasteiger partial charge in [0.15, 0.2) is 6.61 Å². The molecule has 1 heterocycles. The van der Waals surface area contributed by atoms with Crippen LogP contribution in [0, 0.1) is 10.1 Å². The maximum absolute atomic E-state index is 12.6. The molecule has 1 aliphatic rings. The zero-order valence-corrected chi connectivity index (χ0v) is 17.1. The molecule has 1 saturated heterocycles. The highest BCUT2D eigenvalue weighted by molar-refractivity contribution is 7.89. The van der Waals surface area contributed by atoms with Gasteiger partial charge in [-0.05, 0) is 18.2 Å². The van der Waals surface area contributed by atoms with Crippen LogP contribution in [0.4, 0.5) is 5.69 Å². The van der Waals surface area contributed by atoms with E-state index in [9.17, 15) is 23.3 Å². The van der Waals surface area contributed by atoms with Crippen LogP contribution in [0.2, 0.25) is 0 Å². The summed E-state index contributed by atoms with van der Waals surface area (Å²) in [5.41, 5.74) is -0.202. The molecule has 30 heavy (non-hydrogen) atoms. The second kappa shape index (κ2) is 9.09. The second-order valence-electron chi connectivity index (χ2n) is 6.48. The first-order chi connectivity index (χ1) is 14.3. The quantitative estimate of drug-likeness (QED) is 0.478. The van der Waals surface area contributed by atoms with Gasteiger partial charge in [0.25, 0.3) is 5.91 Å². The van der Waals surface area contributed by atoms with Gasteiger partial charge in [-0.2, -0.15) is 4.31 Å². The Bertz CT molecular complexity index is 1020. The van der Waals surface area contributed by atoms with Crippen LogP contribution in [-0.4, -0.2) is 68.3 Å². The molecule has 0 aromatic heterocycles. The Morgan fingerprint density at radius 1 is 1.10 bits per heavy atom. The number of nitro groups is 1. The van der Waals surface area contributed by atoms with Crippen LogP contribution in [0.3, 0.4) is 0 Å². The fourth-order valence-electron chi connectivity index (χ4n) is 3.05. The molecule has 160 valence electrons. The lowest BCUT2D eigenvalue weighted by Gasteiger charge is -2.33. The zero-order chi connectivity index (χ0) is 21.7. The van der Waals surface area contributed by atoms with E-state index < -0.39 is 14.9 Å². The van der Waals surface area contributed by atoms with Crippen LogP contribution < -0.4 is 9.47 Å². The van der Waals surface area contributed by atoms with E-state index >= 15 is 0 Å². The van der Waals surface area contributed by atoms with Gasteiger partial charge in [-0.1, -0.05) is 18.2 Å². The minimum atomic E-state index is -3.59. The van der Waals surface area contributed by atoms with E-state index in [2.05, 4.69) is 0 Å². The van der Waals surface area contributed by atoms with E-state index in [-0.39, 0.29) is 60.8 Å². The first-order valence-corrected chi connectivity index (χ1v) is 10.5. The topological polar surface area (TPSA) is 119 Å². The van der Waals surface area contributed by atoms with Gasteiger partial charge in [0, 0.05) is 38.3 Å². The fourth-order valence-corrected chi connectivity index (χ4v) is 4.50. The third kappa shape index (κ3) is 4.69. The Morgan fingerprint density at radius 3 is 2.37 bits per heavy atom. The fraction of sp³-hybridized carbons (Fsp3) is 0.316. The van der Waals surface area contributed by atoms with Gasteiger partial charge in [-0.15, -0.1) is 0 Å². The number of benzene rings is 2. The van der Waals surface area contributed by atoms with Crippen LogP contribution in [0.25, 0.3) is 0 Å². The Kier molecular flexibility index (Phi) is 6.53. The van der Waals surface area contributed by atoms with Crippen molar-refractivity contribution in [2.75, 3.05) is 39.9 Å². The molecule has 0 saturated carbocycles. The predicted octanol–water partition coefficient (Wildman–Crippen LogP) is 1.52. The van der Waals surface area contributed by atoms with E-state index in [0.717, 1.165) is 0 Å². The van der Waals surface area contributed by atoms with Gasteiger partial charge in [0.1, 0.15) is 5.75 Å². The lowest BCUT2D eigenvalue weighted by Crippen LogP contribution is -2.51. The maximum Gasteiger partial charge on any atom is 0.311 e. The third-order valence-electron chi connectivity index (χ3n) is 4.68. The lowest BCUT2D eigenvalue weighted by molar-refractivity contribution is -0.385. The number of carbonyl (C=O) groups excluding carboxylic acids is 1. The number of piperazine rings is 1. The van der Waals surface area contributed by atoms with E-state index in [1.807, 2.05) is 0 Å². The summed E-state index contributed by atoms with van der Waals surface area (Å²) in [6, 6.07) is 12.1. The van der Waals surface area contributed by atoms with Crippen molar-refractivity contribution in [2.24, 2.45) is 0 Å². The summed E-state index contributed by atoms with van der Waals surface area (Å²) in [6.07, 6.45) is 0. The average Bonchev–Trinajstić information content (AvgIpc) is 2.77. The molecule has 1 amide bonds. The van der Waals surface area contributed by atoms with Crippen molar-refractivity contribution in [2.45, 2.75) is 4.90 Å². The molecule has 0 N–H and O–H groups in total. The summed E-state index contributed by atoms with van der Waals surface area (Å²) < 4.78 is 37.1. The van der Waals surface area contributed by atoms with E-state index in [0.29, 0.717) is 0 Å². The maximum atomic E-state index is 12.6. The average molecular weight is 435 g/mol. The number of methoxy groups -OCH3 is 1. The highest BCUT2D eigenvalue weighted by Crippen LogP contribution is 2.30. The van der Waals surface area contributed by atoms with Gasteiger partial charge in [-0.3, -0.25) is 14.9 Å². The molecule has 2 aromatic rings. The molecule has 0 aliphatic carbocycles. The number of carbonyl (C=O) groups is 1. The van der Waals surface area contributed by atoms with Gasteiger partial charge >= 0.3 is 5.69 Å². The number of amides is 1. The van der Waals surface area contributed by atoms with Gasteiger partial charge < -0.3 is 14.4 Å². The van der Waals surface area contributed by atoms with E-state index in [1.165, 1.54) is 34.5 Å². The molecule has 1 aliphatic heterocycles. The molecular weight excluding hydrogens is 414 g/mol. The molecule has 0 bridgehead atoms. The lowest BCUT2D eigenvalue weighted by atomic mass is 10.3. The predicted molar refractivity (Wildman–Crippen MR) is 107 cm³/mol. The summed E-state index contributed by atoms with van der Waals surface area (Å²) >= 11 is 0. The third-order valence-corrected chi connectivity index (χ3v) is 6.60. The SMILES string of the molecule is COc1cc(OCC(=O)N2CCN(S(=O)(=O)c3ccccc3)CC2)ccc1[N+](=O)[O-]. The van der Waals surface area contributed by atoms with Crippen molar-refractivity contribution in [1.29, 1.82) is 0 Å². The van der Waals surface area contributed by atoms with Crippen LogP contribution in [0.15, 0.2) is 53.4 Å². The molecule has 2 aromatic carbocycles. The van der Waals surface area contributed by atoms with Crippen LogP contribution >= 0.6 is 0 Å². The number of nitro benzene ring substituents is 1. The molecule has 1 fully saturated rings. The van der Waals surface area contributed by atoms with Crippen molar-refractivity contribution in [3.63, 3.8) is 0 Å². The molecule has 10 nitrogen and oxygen atoms in total. The number of ether oxygens (including phenoxy) is 2. The molecule has 0 unspecified atom stereocenters. The Morgan fingerprint density at radius 2 is 1.77 bits per heavy atom. The number of nitrogens with zero attached hydrogens (tertiary/aromatic N) is 3.